The minimum Gasteiger partial charge on any atom is -0.171 e. The Morgan fingerprint density at radius 3 is 2.69 bits per heavy atom. The zero-order chi connectivity index (χ0) is 9.47. The first-order valence-electron chi connectivity index (χ1n) is 5.58. The Morgan fingerprint density at radius 1 is 1.46 bits per heavy atom. The van der Waals surface area contributed by atoms with Crippen molar-refractivity contribution in [2.45, 2.75) is 57.6 Å². The first-order valence-corrected chi connectivity index (χ1v) is 6.09. The molecule has 0 aromatic carbocycles. The van der Waals surface area contributed by atoms with Crippen molar-refractivity contribution in [2.75, 3.05) is 0 Å². The Morgan fingerprint density at radius 2 is 2.23 bits per heavy atom. The lowest BCUT2D eigenvalue weighted by atomic mass is 9.75. The van der Waals surface area contributed by atoms with E-state index < -0.39 is 0 Å². The van der Waals surface area contributed by atoms with E-state index in [2.05, 4.69) is 26.5 Å². The summed E-state index contributed by atoms with van der Waals surface area (Å²) < 4.78 is 0. The van der Waals surface area contributed by atoms with Gasteiger partial charge in [-0.15, -0.1) is 0 Å². The highest BCUT2D eigenvalue weighted by Gasteiger charge is 2.37. The van der Waals surface area contributed by atoms with Gasteiger partial charge < -0.3 is 0 Å². The number of thiol groups is 1. The molecule has 0 amide bonds. The molecule has 2 saturated carbocycles. The van der Waals surface area contributed by atoms with Crippen LogP contribution in [0.5, 0.6) is 0 Å². The molecule has 1 heteroatoms. The molecule has 0 aromatic rings. The van der Waals surface area contributed by atoms with Crippen LogP contribution in [0, 0.1) is 5.41 Å². The van der Waals surface area contributed by atoms with E-state index in [1.807, 2.05) is 0 Å². The van der Waals surface area contributed by atoms with Crippen molar-refractivity contribution in [3.8, 4) is 0 Å². The average Bonchev–Trinajstić information content (AvgIpc) is 2.47. The molecule has 0 bridgehead atoms. The predicted octanol–water partition coefficient (Wildman–Crippen LogP) is 3.98. The fourth-order valence-electron chi connectivity index (χ4n) is 2.82. The molecule has 2 unspecified atom stereocenters. The molecule has 0 N–H and O–H groups in total. The number of hydrogen-bond donors (Lipinski definition) is 1. The topological polar surface area (TPSA) is 0 Å². The molecule has 13 heavy (non-hydrogen) atoms. The Labute approximate surface area is 87.2 Å². The van der Waals surface area contributed by atoms with Crippen LogP contribution in [-0.4, -0.2) is 5.25 Å². The van der Waals surface area contributed by atoms with Gasteiger partial charge in [-0.25, -0.2) is 0 Å². The smallest absolute Gasteiger partial charge is 0.0232 e. The maximum absolute atomic E-state index is 4.61. The number of allylic oxidation sites excluding steroid dienone is 1. The summed E-state index contributed by atoms with van der Waals surface area (Å²) in [6.07, 6.45) is 8.12. The van der Waals surface area contributed by atoms with Crippen molar-refractivity contribution in [2.24, 2.45) is 5.41 Å². The van der Waals surface area contributed by atoms with Crippen molar-refractivity contribution in [1.29, 1.82) is 0 Å². The van der Waals surface area contributed by atoms with Crippen molar-refractivity contribution in [1.82, 2.24) is 0 Å². The third kappa shape index (κ3) is 1.45. The fourth-order valence-corrected chi connectivity index (χ4v) is 3.23. The summed E-state index contributed by atoms with van der Waals surface area (Å²) >= 11 is 4.61. The van der Waals surface area contributed by atoms with Crippen molar-refractivity contribution >= 4 is 12.6 Å². The Hall–Kier alpha value is 0.0900. The van der Waals surface area contributed by atoms with Crippen molar-refractivity contribution < 1.29 is 0 Å². The zero-order valence-electron chi connectivity index (χ0n) is 8.77. The molecule has 0 spiro atoms. The van der Waals surface area contributed by atoms with Gasteiger partial charge >= 0.3 is 0 Å². The highest BCUT2D eigenvalue weighted by atomic mass is 32.1. The van der Waals surface area contributed by atoms with Crippen LogP contribution in [0.1, 0.15) is 52.4 Å². The van der Waals surface area contributed by atoms with Crippen LogP contribution in [-0.2, 0) is 0 Å². The minimum atomic E-state index is 0.538. The summed E-state index contributed by atoms with van der Waals surface area (Å²) in [5.74, 6) is 0. The van der Waals surface area contributed by atoms with E-state index in [0.717, 1.165) is 0 Å². The molecule has 0 saturated heterocycles. The summed E-state index contributed by atoms with van der Waals surface area (Å²) in [6.45, 7) is 4.78. The molecular weight excluding hydrogens is 176 g/mol. The summed E-state index contributed by atoms with van der Waals surface area (Å²) in [5.41, 5.74) is 4.02. The van der Waals surface area contributed by atoms with E-state index in [4.69, 9.17) is 0 Å². The molecule has 0 radical (unpaired) electrons. The lowest BCUT2D eigenvalue weighted by Crippen LogP contribution is -2.23. The van der Waals surface area contributed by atoms with Crippen LogP contribution in [0.3, 0.4) is 0 Å². The monoisotopic (exact) mass is 196 g/mol. The van der Waals surface area contributed by atoms with E-state index in [0.29, 0.717) is 10.7 Å². The normalized spacial score (nSPS) is 45.0. The van der Waals surface area contributed by atoms with E-state index in [1.165, 1.54) is 38.5 Å². The van der Waals surface area contributed by atoms with Gasteiger partial charge in [-0.2, -0.15) is 12.6 Å². The molecule has 2 atom stereocenters. The van der Waals surface area contributed by atoms with Gasteiger partial charge in [0.05, 0.1) is 0 Å². The van der Waals surface area contributed by atoms with Gasteiger partial charge in [0.1, 0.15) is 0 Å². The van der Waals surface area contributed by atoms with Crippen LogP contribution in [0.25, 0.3) is 0 Å². The van der Waals surface area contributed by atoms with Gasteiger partial charge in [0.15, 0.2) is 0 Å². The number of rotatable bonds is 1. The second kappa shape index (κ2) is 3.34. The van der Waals surface area contributed by atoms with Gasteiger partial charge in [-0.05, 0) is 43.9 Å². The maximum Gasteiger partial charge on any atom is 0.0232 e. The third-order valence-electron chi connectivity index (χ3n) is 4.14. The molecule has 2 fully saturated rings. The van der Waals surface area contributed by atoms with Crippen molar-refractivity contribution in [3.05, 3.63) is 11.1 Å². The summed E-state index contributed by atoms with van der Waals surface area (Å²) in [4.78, 5) is 0. The van der Waals surface area contributed by atoms with Gasteiger partial charge in [-0.3, -0.25) is 0 Å². The average molecular weight is 196 g/mol. The third-order valence-corrected chi connectivity index (χ3v) is 4.71. The lowest BCUT2D eigenvalue weighted by molar-refractivity contribution is 0.385. The van der Waals surface area contributed by atoms with E-state index in [1.54, 1.807) is 11.1 Å². The fraction of sp³-hybridized carbons (Fsp3) is 0.833. The number of hydrogen-bond acceptors (Lipinski definition) is 1. The maximum atomic E-state index is 4.61. The van der Waals surface area contributed by atoms with Gasteiger partial charge in [-0.1, -0.05) is 25.0 Å². The highest BCUT2D eigenvalue weighted by molar-refractivity contribution is 7.81. The molecule has 0 aromatic heterocycles. The SMILES string of the molecule is CCC1(C)CCC/C1=C1/CCC1S. The molecule has 0 nitrogen and oxygen atoms in total. The second-order valence-corrected chi connectivity index (χ2v) is 5.45. The zero-order valence-corrected chi connectivity index (χ0v) is 9.66. The van der Waals surface area contributed by atoms with Gasteiger partial charge in [0, 0.05) is 5.25 Å². The van der Waals surface area contributed by atoms with Crippen LogP contribution in [0.2, 0.25) is 0 Å². The van der Waals surface area contributed by atoms with Gasteiger partial charge in [0.25, 0.3) is 0 Å². The van der Waals surface area contributed by atoms with Crippen LogP contribution < -0.4 is 0 Å². The Kier molecular flexibility index (Phi) is 2.48. The molecular formula is C12H20S. The standard InChI is InChI=1S/C12H20S/c1-3-12(2)8-4-5-10(12)9-6-7-11(9)13/h11,13H,3-8H2,1-2H3/b10-9+. The van der Waals surface area contributed by atoms with E-state index in [-0.39, 0.29) is 0 Å². The molecule has 2 rings (SSSR count). The van der Waals surface area contributed by atoms with Gasteiger partial charge in [0.2, 0.25) is 0 Å². The predicted molar refractivity (Wildman–Crippen MR) is 61.3 cm³/mol. The molecule has 74 valence electrons. The molecule has 2 aliphatic carbocycles. The van der Waals surface area contributed by atoms with Crippen molar-refractivity contribution in [3.63, 3.8) is 0 Å². The summed E-state index contributed by atoms with van der Waals surface area (Å²) in [7, 11) is 0. The van der Waals surface area contributed by atoms with Crippen LogP contribution in [0.4, 0.5) is 0 Å². The Bertz CT molecular complexity index is 242. The van der Waals surface area contributed by atoms with E-state index >= 15 is 0 Å². The first-order chi connectivity index (χ1) is 6.17. The summed E-state index contributed by atoms with van der Waals surface area (Å²) in [6, 6.07) is 0. The second-order valence-electron chi connectivity index (χ2n) is 4.83. The molecule has 0 heterocycles. The minimum absolute atomic E-state index is 0.538. The lowest BCUT2D eigenvalue weighted by Gasteiger charge is -2.34. The summed E-state index contributed by atoms with van der Waals surface area (Å²) in [5, 5.41) is 0.610. The molecule has 0 aliphatic heterocycles. The quantitative estimate of drug-likeness (QED) is 0.476. The first kappa shape index (κ1) is 9.64. The largest absolute Gasteiger partial charge is 0.171 e. The molecule has 2 aliphatic rings. The van der Waals surface area contributed by atoms with E-state index in [9.17, 15) is 0 Å². The Balaban J connectivity index is 2.27. The highest BCUT2D eigenvalue weighted by Crippen LogP contribution is 2.50. The van der Waals surface area contributed by atoms with Crippen LogP contribution in [0.15, 0.2) is 11.1 Å². The van der Waals surface area contributed by atoms with Crippen LogP contribution >= 0.6 is 12.6 Å².